The number of hydrogen-bond donors (Lipinski definition) is 1. The molecule has 0 spiro atoms. The van der Waals surface area contributed by atoms with E-state index in [1.807, 2.05) is 0 Å². The van der Waals surface area contributed by atoms with E-state index in [0.29, 0.717) is 17.8 Å². The lowest BCUT2D eigenvalue weighted by molar-refractivity contribution is 0.0949. The van der Waals surface area contributed by atoms with E-state index in [1.54, 1.807) is 30.9 Å². The zero-order valence-corrected chi connectivity index (χ0v) is 13.1. The first-order valence-corrected chi connectivity index (χ1v) is 7.22. The van der Waals surface area contributed by atoms with Gasteiger partial charge in [0.15, 0.2) is 5.82 Å². The van der Waals surface area contributed by atoms with Crippen LogP contribution < -0.4 is 5.32 Å². The molecule has 1 aromatic carbocycles. The van der Waals surface area contributed by atoms with E-state index >= 15 is 0 Å². The number of carbonyl (C=O) groups is 1. The fourth-order valence-electron chi connectivity index (χ4n) is 2.37. The fourth-order valence-corrected chi connectivity index (χ4v) is 2.37. The molecule has 1 N–H and O–H groups in total. The normalized spacial score (nSPS) is 10.8. The van der Waals surface area contributed by atoms with Gasteiger partial charge in [0.1, 0.15) is 11.5 Å². The monoisotopic (exact) mass is 331 g/mol. The molecule has 6 nitrogen and oxygen atoms in total. The minimum atomic E-state index is -0.747. The lowest BCUT2D eigenvalue weighted by atomic mass is 10.2. The maximum atomic E-state index is 13.9. The molecule has 0 aliphatic carbocycles. The molecule has 124 valence electrons. The van der Waals surface area contributed by atoms with E-state index in [9.17, 15) is 13.6 Å². The summed E-state index contributed by atoms with van der Waals surface area (Å²) in [6, 6.07) is 4.99. The Kier molecular flexibility index (Phi) is 4.11. The molecule has 1 amide bonds. The number of rotatable bonds is 4. The minimum absolute atomic E-state index is 0.0829. The summed E-state index contributed by atoms with van der Waals surface area (Å²) in [4.78, 5) is 12.3. The third-order valence-corrected chi connectivity index (χ3v) is 3.74. The largest absolute Gasteiger partial charge is 0.346 e. The molecule has 24 heavy (non-hydrogen) atoms. The van der Waals surface area contributed by atoms with Gasteiger partial charge in [-0.2, -0.15) is 10.2 Å². The van der Waals surface area contributed by atoms with Crippen molar-refractivity contribution < 1.29 is 13.6 Å². The molecule has 0 aliphatic rings. The summed E-state index contributed by atoms with van der Waals surface area (Å²) >= 11 is 0. The van der Waals surface area contributed by atoms with Crippen molar-refractivity contribution in [3.05, 3.63) is 65.2 Å². The molecule has 2 heterocycles. The number of nitrogens with zero attached hydrogens (tertiary/aromatic N) is 4. The number of benzene rings is 1. The van der Waals surface area contributed by atoms with E-state index in [0.717, 1.165) is 17.8 Å². The van der Waals surface area contributed by atoms with Gasteiger partial charge in [-0.05, 0) is 25.1 Å². The molecule has 0 bridgehead atoms. The number of nitrogens with one attached hydrogen (secondary N) is 1. The lowest BCUT2D eigenvalue weighted by Gasteiger charge is -2.08. The molecular formula is C16H15F2N5O. The maximum absolute atomic E-state index is 13.9. The van der Waals surface area contributed by atoms with Crippen LogP contribution in [0.4, 0.5) is 8.78 Å². The quantitative estimate of drug-likeness (QED) is 0.796. The van der Waals surface area contributed by atoms with Crippen LogP contribution in [0, 0.1) is 18.6 Å². The van der Waals surface area contributed by atoms with E-state index in [4.69, 9.17) is 0 Å². The van der Waals surface area contributed by atoms with Crippen LogP contribution in [0.5, 0.6) is 0 Å². The van der Waals surface area contributed by atoms with Gasteiger partial charge in [-0.3, -0.25) is 9.48 Å². The third kappa shape index (κ3) is 2.90. The third-order valence-electron chi connectivity index (χ3n) is 3.74. The molecule has 8 heteroatoms. The fraction of sp³-hybridized carbons (Fsp3) is 0.188. The summed E-state index contributed by atoms with van der Waals surface area (Å²) in [7, 11) is 1.78. The second kappa shape index (κ2) is 6.23. The first-order chi connectivity index (χ1) is 11.5. The molecule has 0 atom stereocenters. The Labute approximate surface area is 136 Å². The number of aryl methyl sites for hydroxylation is 1. The molecule has 0 unspecified atom stereocenters. The highest BCUT2D eigenvalue weighted by Gasteiger charge is 2.17. The predicted octanol–water partition coefficient (Wildman–Crippen LogP) is 2.12. The molecule has 0 saturated carbocycles. The Morgan fingerprint density at radius 2 is 2.04 bits per heavy atom. The van der Waals surface area contributed by atoms with Crippen molar-refractivity contribution in [3.63, 3.8) is 0 Å². The van der Waals surface area contributed by atoms with Gasteiger partial charge in [0.05, 0.1) is 29.7 Å². The highest BCUT2D eigenvalue weighted by molar-refractivity contribution is 5.95. The highest BCUT2D eigenvalue weighted by atomic mass is 19.1. The maximum Gasteiger partial charge on any atom is 0.255 e. The Morgan fingerprint density at radius 3 is 2.71 bits per heavy atom. The van der Waals surface area contributed by atoms with Gasteiger partial charge in [0.2, 0.25) is 0 Å². The van der Waals surface area contributed by atoms with Crippen LogP contribution in [0.2, 0.25) is 0 Å². The number of halogens is 2. The van der Waals surface area contributed by atoms with Gasteiger partial charge in [-0.25, -0.2) is 13.5 Å². The van der Waals surface area contributed by atoms with Crippen molar-refractivity contribution in [1.82, 2.24) is 24.9 Å². The SMILES string of the molecule is Cc1c(C(=O)NCc2ccnn2C)cnn1-c1ccc(F)cc1F. The molecule has 0 aliphatic heterocycles. The van der Waals surface area contributed by atoms with E-state index in [2.05, 4.69) is 15.5 Å². The molecule has 3 aromatic rings. The minimum Gasteiger partial charge on any atom is -0.346 e. The van der Waals surface area contributed by atoms with Crippen molar-refractivity contribution in [2.24, 2.45) is 7.05 Å². The van der Waals surface area contributed by atoms with Crippen molar-refractivity contribution >= 4 is 5.91 Å². The molecule has 0 radical (unpaired) electrons. The summed E-state index contributed by atoms with van der Waals surface area (Å²) in [5, 5.41) is 10.8. The van der Waals surface area contributed by atoms with Gasteiger partial charge >= 0.3 is 0 Å². The molecule has 3 rings (SSSR count). The number of amides is 1. The van der Waals surface area contributed by atoms with Crippen LogP contribution in [0.3, 0.4) is 0 Å². The first kappa shape index (κ1) is 15.9. The summed E-state index contributed by atoms with van der Waals surface area (Å²) in [6.45, 7) is 1.96. The Morgan fingerprint density at radius 1 is 1.25 bits per heavy atom. The second-order valence-electron chi connectivity index (χ2n) is 5.28. The van der Waals surface area contributed by atoms with Crippen LogP contribution in [-0.4, -0.2) is 25.5 Å². The number of aromatic nitrogens is 4. The Bertz CT molecular complexity index is 900. The summed E-state index contributed by atoms with van der Waals surface area (Å²) < 4.78 is 29.8. The summed E-state index contributed by atoms with van der Waals surface area (Å²) in [6.07, 6.45) is 3.00. The van der Waals surface area contributed by atoms with Crippen LogP contribution in [-0.2, 0) is 13.6 Å². The van der Waals surface area contributed by atoms with Crippen LogP contribution in [0.15, 0.2) is 36.7 Å². The lowest BCUT2D eigenvalue weighted by Crippen LogP contribution is -2.24. The molecular weight excluding hydrogens is 316 g/mol. The standard InChI is InChI=1S/C16H15F2N5O/c1-10-13(16(24)19-8-12-5-6-20-22(12)2)9-21-23(10)15-4-3-11(17)7-14(15)18/h3-7,9H,8H2,1-2H3,(H,19,24). The average Bonchev–Trinajstić information content (AvgIpc) is 3.11. The molecule has 2 aromatic heterocycles. The highest BCUT2D eigenvalue weighted by Crippen LogP contribution is 2.18. The van der Waals surface area contributed by atoms with Crippen molar-refractivity contribution in [2.45, 2.75) is 13.5 Å². The number of hydrogen-bond acceptors (Lipinski definition) is 3. The predicted molar refractivity (Wildman–Crippen MR) is 82.6 cm³/mol. The van der Waals surface area contributed by atoms with E-state index in [1.165, 1.54) is 16.9 Å². The summed E-state index contributed by atoms with van der Waals surface area (Å²) in [5.74, 6) is -1.75. The second-order valence-corrected chi connectivity index (χ2v) is 5.28. The first-order valence-electron chi connectivity index (χ1n) is 7.22. The van der Waals surface area contributed by atoms with Gasteiger partial charge in [0.25, 0.3) is 5.91 Å². The smallest absolute Gasteiger partial charge is 0.255 e. The Balaban J connectivity index is 1.81. The van der Waals surface area contributed by atoms with Crippen molar-refractivity contribution in [3.8, 4) is 5.69 Å². The zero-order chi connectivity index (χ0) is 17.3. The van der Waals surface area contributed by atoms with E-state index in [-0.39, 0.29) is 11.6 Å². The van der Waals surface area contributed by atoms with Gasteiger partial charge in [0, 0.05) is 19.3 Å². The Hall–Kier alpha value is -3.03. The van der Waals surface area contributed by atoms with E-state index < -0.39 is 11.6 Å². The van der Waals surface area contributed by atoms with Gasteiger partial charge in [-0.1, -0.05) is 0 Å². The summed E-state index contributed by atoms with van der Waals surface area (Å²) in [5.41, 5.74) is 1.71. The van der Waals surface area contributed by atoms with Crippen molar-refractivity contribution in [1.29, 1.82) is 0 Å². The van der Waals surface area contributed by atoms with Crippen LogP contribution in [0.25, 0.3) is 5.69 Å². The molecule has 0 fully saturated rings. The average molecular weight is 331 g/mol. The molecule has 0 saturated heterocycles. The van der Waals surface area contributed by atoms with Crippen LogP contribution in [0.1, 0.15) is 21.7 Å². The topological polar surface area (TPSA) is 64.7 Å². The number of carbonyl (C=O) groups excluding carboxylic acids is 1. The van der Waals surface area contributed by atoms with Gasteiger partial charge in [-0.15, -0.1) is 0 Å². The van der Waals surface area contributed by atoms with Gasteiger partial charge < -0.3 is 5.32 Å². The van der Waals surface area contributed by atoms with Crippen LogP contribution >= 0.6 is 0 Å². The zero-order valence-electron chi connectivity index (χ0n) is 13.1. The van der Waals surface area contributed by atoms with Crippen molar-refractivity contribution in [2.75, 3.05) is 0 Å².